The van der Waals surface area contributed by atoms with Gasteiger partial charge in [-0.3, -0.25) is 4.68 Å². The van der Waals surface area contributed by atoms with Crippen molar-refractivity contribution in [3.63, 3.8) is 0 Å². The Labute approximate surface area is 110 Å². The predicted molar refractivity (Wildman–Crippen MR) is 66.5 cm³/mol. The molecular formula is C12H16N4O3. The molecule has 19 heavy (non-hydrogen) atoms. The van der Waals surface area contributed by atoms with Crippen LogP contribution in [0.15, 0.2) is 23.1 Å². The van der Waals surface area contributed by atoms with E-state index in [9.17, 15) is 4.79 Å². The second-order valence-corrected chi connectivity index (χ2v) is 4.03. The fourth-order valence-electron chi connectivity index (χ4n) is 1.67. The van der Waals surface area contributed by atoms with Gasteiger partial charge in [0.15, 0.2) is 5.82 Å². The predicted octanol–water partition coefficient (Wildman–Crippen LogP) is 0.527. The largest absolute Gasteiger partial charge is 0.463 e. The van der Waals surface area contributed by atoms with Crippen LogP contribution in [0.1, 0.15) is 21.9 Å². The molecule has 0 spiro atoms. The van der Waals surface area contributed by atoms with E-state index in [1.165, 1.54) is 13.4 Å². The summed E-state index contributed by atoms with van der Waals surface area (Å²) in [5.41, 5.74) is 0.779. The molecule has 0 amide bonds. The molecule has 2 aromatic heterocycles. The van der Waals surface area contributed by atoms with Crippen molar-refractivity contribution in [1.82, 2.24) is 20.1 Å². The van der Waals surface area contributed by atoms with Crippen molar-refractivity contribution in [3.8, 4) is 0 Å². The van der Waals surface area contributed by atoms with Gasteiger partial charge >= 0.3 is 5.97 Å². The number of nitrogens with one attached hydrogen (secondary N) is 1. The number of aromatic nitrogens is 3. The van der Waals surface area contributed by atoms with Crippen molar-refractivity contribution in [2.45, 2.75) is 13.0 Å². The molecule has 0 saturated heterocycles. The molecule has 7 nitrogen and oxygen atoms in total. The number of nitrogens with zero attached hydrogens (tertiary/aromatic N) is 3. The highest BCUT2D eigenvalue weighted by Gasteiger charge is 2.15. The van der Waals surface area contributed by atoms with Crippen molar-refractivity contribution in [2.24, 2.45) is 7.05 Å². The summed E-state index contributed by atoms with van der Waals surface area (Å²) in [5.74, 6) is 0.564. The maximum absolute atomic E-state index is 11.4. The van der Waals surface area contributed by atoms with Crippen LogP contribution in [0.2, 0.25) is 0 Å². The maximum Gasteiger partial charge on any atom is 0.374 e. The first-order valence-corrected chi connectivity index (χ1v) is 5.90. The van der Waals surface area contributed by atoms with Gasteiger partial charge in [-0.15, -0.1) is 0 Å². The highest BCUT2D eigenvalue weighted by atomic mass is 16.5. The molecular weight excluding hydrogens is 248 g/mol. The minimum Gasteiger partial charge on any atom is -0.463 e. The summed E-state index contributed by atoms with van der Waals surface area (Å²) < 4.78 is 11.4. The molecule has 2 heterocycles. The van der Waals surface area contributed by atoms with Gasteiger partial charge in [0, 0.05) is 32.1 Å². The molecule has 0 radical (unpaired) electrons. The van der Waals surface area contributed by atoms with Crippen molar-refractivity contribution in [1.29, 1.82) is 0 Å². The summed E-state index contributed by atoms with van der Waals surface area (Å²) in [4.78, 5) is 15.5. The third-order valence-corrected chi connectivity index (χ3v) is 2.61. The molecule has 0 aliphatic heterocycles. The van der Waals surface area contributed by atoms with Crippen molar-refractivity contribution in [3.05, 3.63) is 35.8 Å². The number of carbonyl (C=O) groups is 1. The molecule has 0 aliphatic carbocycles. The summed E-state index contributed by atoms with van der Waals surface area (Å²) in [6, 6.07) is 1.75. The Balaban J connectivity index is 1.80. The Morgan fingerprint density at radius 3 is 3.11 bits per heavy atom. The molecule has 0 unspecified atom stereocenters. The minimum absolute atomic E-state index is 0.242. The first-order valence-electron chi connectivity index (χ1n) is 5.90. The maximum atomic E-state index is 11.4. The fraction of sp³-hybridized carbons (Fsp3) is 0.417. The van der Waals surface area contributed by atoms with Crippen LogP contribution in [-0.4, -0.2) is 34.4 Å². The van der Waals surface area contributed by atoms with Crippen LogP contribution in [0, 0.1) is 0 Å². The molecule has 1 N–H and O–H groups in total. The molecule has 7 heteroatoms. The number of hydrogen-bond acceptors (Lipinski definition) is 6. The summed E-state index contributed by atoms with van der Waals surface area (Å²) >= 11 is 0. The van der Waals surface area contributed by atoms with E-state index < -0.39 is 5.97 Å². The lowest BCUT2D eigenvalue weighted by atomic mass is 10.2. The number of hydrogen-bond donors (Lipinski definition) is 1. The van der Waals surface area contributed by atoms with Gasteiger partial charge in [0.25, 0.3) is 0 Å². The average molecular weight is 264 g/mol. The third-order valence-electron chi connectivity index (χ3n) is 2.61. The van der Waals surface area contributed by atoms with E-state index in [4.69, 9.17) is 4.42 Å². The number of methoxy groups -OCH3 is 1. The van der Waals surface area contributed by atoms with Crippen LogP contribution < -0.4 is 5.32 Å². The monoisotopic (exact) mass is 264 g/mol. The van der Waals surface area contributed by atoms with Crippen LogP contribution in [-0.2, 0) is 24.8 Å². The van der Waals surface area contributed by atoms with E-state index in [1.54, 1.807) is 17.1 Å². The molecule has 0 atom stereocenters. The van der Waals surface area contributed by atoms with Crippen LogP contribution in [0.25, 0.3) is 0 Å². The second-order valence-electron chi connectivity index (χ2n) is 4.03. The number of aryl methyl sites for hydroxylation is 1. The van der Waals surface area contributed by atoms with Crippen molar-refractivity contribution in [2.75, 3.05) is 13.7 Å². The van der Waals surface area contributed by atoms with Gasteiger partial charge in [0.2, 0.25) is 5.76 Å². The van der Waals surface area contributed by atoms with Crippen LogP contribution in [0.3, 0.4) is 0 Å². The Bertz CT molecular complexity index is 547. The lowest BCUT2D eigenvalue weighted by Crippen LogP contribution is -2.18. The van der Waals surface area contributed by atoms with Crippen LogP contribution in [0.4, 0.5) is 0 Å². The Kier molecular flexibility index (Phi) is 4.30. The van der Waals surface area contributed by atoms with Crippen molar-refractivity contribution < 1.29 is 13.9 Å². The molecule has 0 saturated carbocycles. The van der Waals surface area contributed by atoms with Gasteiger partial charge < -0.3 is 14.5 Å². The van der Waals surface area contributed by atoms with Crippen LogP contribution in [0.5, 0.6) is 0 Å². The van der Waals surface area contributed by atoms with Gasteiger partial charge in [-0.05, 0) is 6.07 Å². The Hall–Kier alpha value is -2.15. The van der Waals surface area contributed by atoms with E-state index in [2.05, 4.69) is 20.1 Å². The fourth-order valence-corrected chi connectivity index (χ4v) is 1.67. The zero-order valence-electron chi connectivity index (χ0n) is 10.9. The number of rotatable bonds is 6. The van der Waals surface area contributed by atoms with Gasteiger partial charge in [-0.1, -0.05) is 0 Å². The molecule has 0 aliphatic rings. The smallest absolute Gasteiger partial charge is 0.374 e. The highest BCUT2D eigenvalue weighted by molar-refractivity contribution is 5.87. The topological polar surface area (TPSA) is 82.2 Å². The van der Waals surface area contributed by atoms with E-state index >= 15 is 0 Å². The SMILES string of the molecule is COC(=O)c1occc1CNCCc1ncn(C)n1. The number of carbonyl (C=O) groups excluding carboxylic acids is 1. The quantitative estimate of drug-likeness (QED) is 0.605. The first kappa shape index (κ1) is 13.3. The second kappa shape index (κ2) is 6.14. The van der Waals surface area contributed by atoms with Gasteiger partial charge in [0.05, 0.1) is 13.4 Å². The van der Waals surface area contributed by atoms with E-state index in [-0.39, 0.29) is 5.76 Å². The number of furan rings is 1. The molecule has 102 valence electrons. The number of esters is 1. The zero-order valence-corrected chi connectivity index (χ0v) is 10.9. The van der Waals surface area contributed by atoms with Crippen molar-refractivity contribution >= 4 is 5.97 Å². The summed E-state index contributed by atoms with van der Waals surface area (Å²) in [6.07, 6.45) is 3.87. The molecule has 0 bridgehead atoms. The Morgan fingerprint density at radius 2 is 2.42 bits per heavy atom. The summed E-state index contributed by atoms with van der Waals surface area (Å²) in [7, 11) is 3.16. The summed E-state index contributed by atoms with van der Waals surface area (Å²) in [5, 5.41) is 7.39. The molecule has 0 fully saturated rings. The minimum atomic E-state index is -0.465. The highest BCUT2D eigenvalue weighted by Crippen LogP contribution is 2.11. The molecule has 2 rings (SSSR count). The lowest BCUT2D eigenvalue weighted by Gasteiger charge is -2.03. The van der Waals surface area contributed by atoms with E-state index in [1.807, 2.05) is 7.05 Å². The number of ether oxygens (including phenoxy) is 1. The lowest BCUT2D eigenvalue weighted by molar-refractivity contribution is 0.0563. The molecule has 0 aromatic carbocycles. The summed E-state index contributed by atoms with van der Waals surface area (Å²) in [6.45, 7) is 1.25. The van der Waals surface area contributed by atoms with Gasteiger partial charge in [-0.25, -0.2) is 9.78 Å². The normalized spacial score (nSPS) is 10.6. The average Bonchev–Trinajstić information content (AvgIpc) is 3.03. The zero-order chi connectivity index (χ0) is 13.7. The van der Waals surface area contributed by atoms with E-state index in [0.717, 1.165) is 24.4 Å². The third kappa shape index (κ3) is 3.41. The van der Waals surface area contributed by atoms with Gasteiger partial charge in [-0.2, -0.15) is 5.10 Å². The first-order chi connectivity index (χ1) is 9.20. The van der Waals surface area contributed by atoms with Crippen LogP contribution >= 0.6 is 0 Å². The van der Waals surface area contributed by atoms with Gasteiger partial charge in [0.1, 0.15) is 6.33 Å². The molecule has 2 aromatic rings. The standard InChI is InChI=1S/C12H16N4O3/c1-16-8-14-10(15-16)3-5-13-7-9-4-6-19-11(9)12(17)18-2/h4,6,8,13H,3,5,7H2,1-2H3. The Morgan fingerprint density at radius 1 is 1.58 bits per heavy atom. The van der Waals surface area contributed by atoms with E-state index in [0.29, 0.717) is 6.54 Å².